The first-order valence-corrected chi connectivity index (χ1v) is 28.3. The molecule has 18 rings (SSSR count). The zero-order valence-corrected chi connectivity index (χ0v) is 43.5. The summed E-state index contributed by atoms with van der Waals surface area (Å²) in [6.45, 7) is 0. The van der Waals surface area contributed by atoms with Crippen LogP contribution in [0.1, 0.15) is 0 Å². The summed E-state index contributed by atoms with van der Waals surface area (Å²) in [5.41, 5.74) is 16.6. The second-order valence-corrected chi connectivity index (χ2v) is 22.9. The second kappa shape index (κ2) is 15.9. The Balaban J connectivity index is 0.800. The lowest BCUT2D eigenvalue weighted by molar-refractivity contribution is 1.14. The van der Waals surface area contributed by atoms with E-state index in [0.29, 0.717) is 0 Å². The lowest BCUT2D eigenvalue weighted by Crippen LogP contribution is -1.97. The van der Waals surface area contributed by atoms with Crippen LogP contribution >= 0.6 is 22.7 Å². The molecular formula is C72H42N4S2. The molecule has 0 aliphatic carbocycles. The lowest BCUT2D eigenvalue weighted by atomic mass is 9.97. The van der Waals surface area contributed by atoms with Crippen LogP contribution in [0.25, 0.3) is 161 Å². The van der Waals surface area contributed by atoms with E-state index in [2.05, 4.69) is 273 Å². The molecule has 0 saturated carbocycles. The molecule has 12 aromatic carbocycles. The summed E-state index contributed by atoms with van der Waals surface area (Å²) < 4.78 is 15.0. The SMILES string of the molecule is c1ccc2c(c1)sc1cc3c(cc12)c1cc(-c2cccc4c2c2ccccc2n4-c2ccc(-n4c5ccccc5c5c6c(ccc54)sc4ccccc46)cc2)ccc1n3-c1ccc(-n2c3ccccc3c3ccccc32)cc1. The van der Waals surface area contributed by atoms with Gasteiger partial charge in [0.25, 0.3) is 0 Å². The van der Waals surface area contributed by atoms with Gasteiger partial charge in [-0.15, -0.1) is 22.7 Å². The number of fused-ring (bicyclic) bond motifs is 19. The van der Waals surface area contributed by atoms with Gasteiger partial charge in [-0.25, -0.2) is 0 Å². The van der Waals surface area contributed by atoms with E-state index in [1.54, 1.807) is 0 Å². The first-order valence-electron chi connectivity index (χ1n) is 26.7. The molecule has 0 unspecified atom stereocenters. The smallest absolute Gasteiger partial charge is 0.0555 e. The molecule has 0 N–H and O–H groups in total. The second-order valence-electron chi connectivity index (χ2n) is 20.8. The van der Waals surface area contributed by atoms with Gasteiger partial charge < -0.3 is 18.3 Å². The number of hydrogen-bond acceptors (Lipinski definition) is 2. The molecule has 0 spiro atoms. The predicted octanol–water partition coefficient (Wildman–Crippen LogP) is 20.5. The maximum absolute atomic E-state index is 2.48. The van der Waals surface area contributed by atoms with E-state index >= 15 is 0 Å². The van der Waals surface area contributed by atoms with Crippen LogP contribution < -0.4 is 0 Å². The van der Waals surface area contributed by atoms with Crippen LogP contribution in [-0.2, 0) is 0 Å². The summed E-state index contributed by atoms with van der Waals surface area (Å²) in [4.78, 5) is 0. The van der Waals surface area contributed by atoms with Crippen molar-refractivity contribution in [3.05, 3.63) is 255 Å². The van der Waals surface area contributed by atoms with E-state index in [4.69, 9.17) is 0 Å². The Morgan fingerprint density at radius 3 is 1.26 bits per heavy atom. The normalized spacial score (nSPS) is 12.4. The number of rotatable bonds is 5. The number of nitrogens with zero attached hydrogens (tertiary/aromatic N) is 4. The van der Waals surface area contributed by atoms with Gasteiger partial charge in [-0.2, -0.15) is 0 Å². The van der Waals surface area contributed by atoms with Gasteiger partial charge >= 0.3 is 0 Å². The molecule has 0 amide bonds. The van der Waals surface area contributed by atoms with Crippen molar-refractivity contribution in [2.45, 2.75) is 0 Å². The highest BCUT2D eigenvalue weighted by Crippen LogP contribution is 2.46. The fourth-order valence-electron chi connectivity index (χ4n) is 13.5. The molecule has 6 heteroatoms. The molecule has 78 heavy (non-hydrogen) atoms. The van der Waals surface area contributed by atoms with Crippen molar-refractivity contribution in [1.82, 2.24) is 18.3 Å². The topological polar surface area (TPSA) is 19.7 Å². The van der Waals surface area contributed by atoms with Crippen LogP contribution in [0.5, 0.6) is 0 Å². The number of para-hydroxylation sites is 4. The van der Waals surface area contributed by atoms with Crippen molar-refractivity contribution in [2.75, 3.05) is 0 Å². The van der Waals surface area contributed by atoms with Crippen LogP contribution in [0, 0.1) is 0 Å². The number of thiophene rings is 2. The molecule has 0 bridgehead atoms. The minimum absolute atomic E-state index is 1.13. The molecule has 6 heterocycles. The van der Waals surface area contributed by atoms with Gasteiger partial charge in [0.15, 0.2) is 0 Å². The minimum atomic E-state index is 1.13. The van der Waals surface area contributed by atoms with Crippen molar-refractivity contribution >= 4 is 150 Å². The van der Waals surface area contributed by atoms with Crippen LogP contribution in [0.2, 0.25) is 0 Å². The highest BCUT2D eigenvalue weighted by molar-refractivity contribution is 7.26. The zero-order valence-electron chi connectivity index (χ0n) is 41.9. The third kappa shape index (κ3) is 5.82. The van der Waals surface area contributed by atoms with Gasteiger partial charge in [-0.05, 0) is 139 Å². The fourth-order valence-corrected chi connectivity index (χ4v) is 15.7. The zero-order chi connectivity index (χ0) is 50.7. The molecule has 0 aliphatic heterocycles. The summed E-state index contributed by atoms with van der Waals surface area (Å²) >= 11 is 3.76. The minimum Gasteiger partial charge on any atom is -0.309 e. The first kappa shape index (κ1) is 42.5. The third-order valence-corrected chi connectivity index (χ3v) is 19.0. The average molecular weight is 1030 g/mol. The maximum Gasteiger partial charge on any atom is 0.0555 e. The Morgan fingerprint density at radius 1 is 0.205 bits per heavy atom. The van der Waals surface area contributed by atoms with E-state index < -0.39 is 0 Å². The number of aromatic nitrogens is 4. The van der Waals surface area contributed by atoms with Gasteiger partial charge in [0.1, 0.15) is 0 Å². The number of benzene rings is 12. The average Bonchev–Trinajstić information content (AvgIpc) is 4.54. The van der Waals surface area contributed by atoms with Crippen LogP contribution in [-0.4, -0.2) is 18.3 Å². The molecule has 6 aromatic heterocycles. The van der Waals surface area contributed by atoms with Gasteiger partial charge in [0, 0.05) is 106 Å². The molecule has 0 fully saturated rings. The van der Waals surface area contributed by atoms with Crippen molar-refractivity contribution in [2.24, 2.45) is 0 Å². The summed E-state index contributed by atoms with van der Waals surface area (Å²) in [5, 5.41) is 15.4. The standard InChI is InChI=1S/C72H42N4S2/c1-7-21-58-49(14-1)50-15-2-8-22-59(50)73(58)44-29-35-47(36-30-44)76-62-37-28-43(40-55(62)56-41-57-51-16-5-11-26-66(51)78-69(57)42-65(56)76)48-20-13-25-63-70(48)52-17-3-9-23-60(52)74(63)45-31-33-46(34-32-45)75-61-24-10-4-18-53(61)71-64(75)38-39-68-72(71)54-19-6-12-27-67(54)77-68/h1-42H. The Kier molecular flexibility index (Phi) is 8.67. The largest absolute Gasteiger partial charge is 0.309 e. The third-order valence-electron chi connectivity index (χ3n) is 16.8. The Bertz CT molecular complexity index is 5510. The molecule has 0 radical (unpaired) electrons. The molecule has 0 atom stereocenters. The predicted molar refractivity (Wildman–Crippen MR) is 335 cm³/mol. The fraction of sp³-hybridized carbons (Fsp3) is 0. The van der Waals surface area contributed by atoms with E-state index in [0.717, 1.165) is 22.7 Å². The monoisotopic (exact) mass is 1030 g/mol. The van der Waals surface area contributed by atoms with Crippen LogP contribution in [0.4, 0.5) is 0 Å². The quantitative estimate of drug-likeness (QED) is 0.164. The first-order chi connectivity index (χ1) is 38.7. The highest BCUT2D eigenvalue weighted by Gasteiger charge is 2.22. The van der Waals surface area contributed by atoms with Crippen molar-refractivity contribution in [3.8, 4) is 33.9 Å². The van der Waals surface area contributed by atoms with Gasteiger partial charge in [0.2, 0.25) is 0 Å². The summed E-state index contributed by atoms with van der Waals surface area (Å²) in [6, 6.07) is 94.9. The van der Waals surface area contributed by atoms with E-state index in [9.17, 15) is 0 Å². The Hall–Kier alpha value is -9.72. The summed E-state index contributed by atoms with van der Waals surface area (Å²) in [6.07, 6.45) is 0. The van der Waals surface area contributed by atoms with E-state index in [1.165, 1.54) is 139 Å². The molecule has 0 aliphatic rings. The summed E-state index contributed by atoms with van der Waals surface area (Å²) in [5.74, 6) is 0. The van der Waals surface area contributed by atoms with Crippen LogP contribution in [0.3, 0.4) is 0 Å². The maximum atomic E-state index is 2.48. The lowest BCUT2D eigenvalue weighted by Gasteiger charge is -2.12. The summed E-state index contributed by atoms with van der Waals surface area (Å²) in [7, 11) is 0. The van der Waals surface area contributed by atoms with Crippen molar-refractivity contribution < 1.29 is 0 Å². The van der Waals surface area contributed by atoms with Gasteiger partial charge in [0.05, 0.1) is 44.1 Å². The van der Waals surface area contributed by atoms with Gasteiger partial charge in [-0.1, -0.05) is 127 Å². The van der Waals surface area contributed by atoms with E-state index in [1.807, 2.05) is 22.7 Å². The Labute approximate surface area is 454 Å². The van der Waals surface area contributed by atoms with E-state index in [-0.39, 0.29) is 0 Å². The number of hydrogen-bond donors (Lipinski definition) is 0. The van der Waals surface area contributed by atoms with Crippen molar-refractivity contribution in [3.63, 3.8) is 0 Å². The molecule has 4 nitrogen and oxygen atoms in total. The van der Waals surface area contributed by atoms with Gasteiger partial charge in [-0.3, -0.25) is 0 Å². The molecule has 18 aromatic rings. The molecule has 0 saturated heterocycles. The molecular weight excluding hydrogens is 985 g/mol. The van der Waals surface area contributed by atoms with Crippen molar-refractivity contribution in [1.29, 1.82) is 0 Å². The highest BCUT2D eigenvalue weighted by atomic mass is 32.1. The molecule has 362 valence electrons. The van der Waals surface area contributed by atoms with Crippen LogP contribution in [0.15, 0.2) is 255 Å². The Morgan fingerprint density at radius 2 is 0.628 bits per heavy atom.